The summed E-state index contributed by atoms with van der Waals surface area (Å²) in [6, 6.07) is 2.78. The van der Waals surface area contributed by atoms with Gasteiger partial charge in [-0.3, -0.25) is 9.78 Å². The molecule has 22 heavy (non-hydrogen) atoms. The summed E-state index contributed by atoms with van der Waals surface area (Å²) in [5.41, 5.74) is -1.33. The predicted molar refractivity (Wildman–Crippen MR) is 75.5 cm³/mol. The van der Waals surface area contributed by atoms with Gasteiger partial charge in [-0.25, -0.2) is 0 Å². The largest absolute Gasteiger partial charge is 0.418 e. The van der Waals surface area contributed by atoms with Crippen molar-refractivity contribution in [3.05, 3.63) is 29.6 Å². The fourth-order valence-corrected chi connectivity index (χ4v) is 3.85. The van der Waals surface area contributed by atoms with Crippen molar-refractivity contribution < 1.29 is 18.0 Å². The van der Waals surface area contributed by atoms with Gasteiger partial charge in [0, 0.05) is 24.2 Å². The number of carbonyl (C=O) groups is 1. The Morgan fingerprint density at radius 3 is 2.50 bits per heavy atom. The summed E-state index contributed by atoms with van der Waals surface area (Å²) >= 11 is 0. The molecule has 6 heteroatoms. The Balaban J connectivity index is 1.86. The molecule has 0 N–H and O–H groups in total. The maximum Gasteiger partial charge on any atom is 0.418 e. The van der Waals surface area contributed by atoms with Crippen LogP contribution in [0.1, 0.15) is 48.2 Å². The van der Waals surface area contributed by atoms with Crippen LogP contribution in [-0.2, 0) is 6.18 Å². The molecule has 0 saturated carbocycles. The van der Waals surface area contributed by atoms with E-state index in [2.05, 4.69) is 16.9 Å². The van der Waals surface area contributed by atoms with Gasteiger partial charge in [-0.05, 0) is 44.9 Å². The Hall–Kier alpha value is -1.43. The molecular weight excluding hydrogens is 293 g/mol. The third-order valence-electron chi connectivity index (χ3n) is 5.06. The lowest BCUT2D eigenvalue weighted by Crippen LogP contribution is -2.51. The van der Waals surface area contributed by atoms with Crippen molar-refractivity contribution in [3.8, 4) is 0 Å². The Morgan fingerprint density at radius 1 is 1.27 bits per heavy atom. The fourth-order valence-electron chi connectivity index (χ4n) is 3.85. The molecule has 0 spiro atoms. The molecule has 2 atom stereocenters. The molecule has 2 fully saturated rings. The molecule has 0 aromatic carbocycles. The van der Waals surface area contributed by atoms with Gasteiger partial charge in [0.05, 0.1) is 5.56 Å². The van der Waals surface area contributed by atoms with Crippen molar-refractivity contribution in [2.75, 3.05) is 7.05 Å². The molecule has 1 aromatic heterocycles. The second-order valence-electron chi connectivity index (χ2n) is 6.33. The summed E-state index contributed by atoms with van der Waals surface area (Å²) in [5.74, 6) is -0.791. The molecule has 2 bridgehead atoms. The normalized spacial score (nSPS) is 29.4. The van der Waals surface area contributed by atoms with Crippen LogP contribution in [0.5, 0.6) is 0 Å². The Bertz CT molecular complexity index is 559. The Labute approximate surface area is 127 Å². The molecule has 1 aromatic rings. The molecule has 2 saturated heterocycles. The number of hydrogen-bond donors (Lipinski definition) is 0. The number of Topliss-reactive ketones (excluding diaryl/α,β-unsaturated/α-hetero) is 1. The molecule has 120 valence electrons. The molecule has 3 rings (SSSR count). The number of ketones is 1. The van der Waals surface area contributed by atoms with E-state index in [1.165, 1.54) is 12.3 Å². The van der Waals surface area contributed by atoms with Crippen molar-refractivity contribution in [3.63, 3.8) is 0 Å². The zero-order chi connectivity index (χ0) is 15.9. The van der Waals surface area contributed by atoms with Crippen LogP contribution in [0.4, 0.5) is 13.2 Å². The van der Waals surface area contributed by atoms with Crippen molar-refractivity contribution in [1.29, 1.82) is 0 Å². The zero-order valence-electron chi connectivity index (χ0n) is 12.4. The number of hydrogen-bond acceptors (Lipinski definition) is 3. The quantitative estimate of drug-likeness (QED) is 0.783. The number of halogens is 3. The van der Waals surface area contributed by atoms with Gasteiger partial charge in [-0.1, -0.05) is 6.42 Å². The summed E-state index contributed by atoms with van der Waals surface area (Å²) in [6.45, 7) is 0. The fraction of sp³-hybridized carbons (Fsp3) is 0.625. The second kappa shape index (κ2) is 5.65. The van der Waals surface area contributed by atoms with Crippen LogP contribution in [-0.4, -0.2) is 34.8 Å². The third-order valence-corrected chi connectivity index (χ3v) is 5.06. The van der Waals surface area contributed by atoms with E-state index in [1.807, 2.05) is 0 Å². The first kappa shape index (κ1) is 15.5. The summed E-state index contributed by atoms with van der Waals surface area (Å²) in [6.07, 6.45) is 1.17. The number of nitrogens with zero attached hydrogens (tertiary/aromatic N) is 2. The molecule has 3 nitrogen and oxygen atoms in total. The van der Waals surface area contributed by atoms with Crippen LogP contribution in [0.2, 0.25) is 0 Å². The molecule has 2 aliphatic heterocycles. The lowest BCUT2D eigenvalue weighted by atomic mass is 9.76. The van der Waals surface area contributed by atoms with Gasteiger partial charge in [-0.15, -0.1) is 0 Å². The summed E-state index contributed by atoms with van der Waals surface area (Å²) in [4.78, 5) is 18.7. The van der Waals surface area contributed by atoms with E-state index in [1.54, 1.807) is 0 Å². The Morgan fingerprint density at radius 2 is 1.91 bits per heavy atom. The predicted octanol–water partition coefficient (Wildman–Crippen LogP) is 3.55. The SMILES string of the molecule is CN1C2CCCC1CC(C(=O)c1ncccc1C(F)(F)F)C2. The van der Waals surface area contributed by atoms with Crippen LogP contribution < -0.4 is 0 Å². The van der Waals surface area contributed by atoms with Gasteiger partial charge in [0.15, 0.2) is 5.78 Å². The minimum absolute atomic E-state index is 0.305. The average Bonchev–Trinajstić information content (AvgIpc) is 2.45. The number of fused-ring (bicyclic) bond motifs is 2. The van der Waals surface area contributed by atoms with Gasteiger partial charge in [-0.2, -0.15) is 13.2 Å². The highest BCUT2D eigenvalue weighted by atomic mass is 19.4. The van der Waals surface area contributed by atoms with Gasteiger partial charge in [0.2, 0.25) is 0 Å². The Kier molecular flexibility index (Phi) is 3.97. The molecular formula is C16H19F3N2O. The molecule has 3 heterocycles. The highest BCUT2D eigenvalue weighted by molar-refractivity contribution is 5.97. The number of pyridine rings is 1. The third kappa shape index (κ3) is 2.76. The van der Waals surface area contributed by atoms with E-state index in [0.717, 1.165) is 25.3 Å². The van der Waals surface area contributed by atoms with Crippen molar-refractivity contribution in [2.24, 2.45) is 5.92 Å². The maximum atomic E-state index is 13.1. The number of piperidine rings is 2. The van der Waals surface area contributed by atoms with Crippen molar-refractivity contribution in [1.82, 2.24) is 9.88 Å². The topological polar surface area (TPSA) is 33.2 Å². The van der Waals surface area contributed by atoms with Crippen LogP contribution in [0.15, 0.2) is 18.3 Å². The second-order valence-corrected chi connectivity index (χ2v) is 6.33. The summed E-state index contributed by atoms with van der Waals surface area (Å²) in [7, 11) is 2.05. The molecule has 2 unspecified atom stereocenters. The first-order chi connectivity index (χ1) is 10.4. The van der Waals surface area contributed by atoms with E-state index < -0.39 is 23.2 Å². The standard InChI is InChI=1S/C16H19F3N2O/c1-21-11-4-2-5-12(21)9-10(8-11)15(22)14-13(16(17,18)19)6-3-7-20-14/h3,6-7,10-12H,2,4-5,8-9H2,1H3. The van der Waals surface area contributed by atoms with Crippen LogP contribution >= 0.6 is 0 Å². The first-order valence-corrected chi connectivity index (χ1v) is 7.66. The van der Waals surface area contributed by atoms with Crippen molar-refractivity contribution in [2.45, 2.75) is 50.4 Å². The van der Waals surface area contributed by atoms with Gasteiger partial charge in [0.1, 0.15) is 5.69 Å². The summed E-state index contributed by atoms with van der Waals surface area (Å²) in [5, 5.41) is 0. The van der Waals surface area contributed by atoms with Gasteiger partial charge >= 0.3 is 6.18 Å². The van der Waals surface area contributed by atoms with E-state index in [-0.39, 0.29) is 5.92 Å². The molecule has 2 aliphatic rings. The minimum Gasteiger partial charge on any atom is -0.300 e. The number of alkyl halides is 3. The van der Waals surface area contributed by atoms with E-state index in [4.69, 9.17) is 0 Å². The smallest absolute Gasteiger partial charge is 0.300 e. The van der Waals surface area contributed by atoms with Gasteiger partial charge < -0.3 is 4.90 Å². The lowest BCUT2D eigenvalue weighted by molar-refractivity contribution is -0.138. The van der Waals surface area contributed by atoms with E-state index in [0.29, 0.717) is 24.9 Å². The van der Waals surface area contributed by atoms with Crippen LogP contribution in [0.25, 0.3) is 0 Å². The van der Waals surface area contributed by atoms with E-state index >= 15 is 0 Å². The zero-order valence-corrected chi connectivity index (χ0v) is 12.4. The molecule has 0 radical (unpaired) electrons. The van der Waals surface area contributed by atoms with Crippen molar-refractivity contribution >= 4 is 5.78 Å². The number of rotatable bonds is 2. The lowest BCUT2D eigenvalue weighted by Gasteiger charge is -2.46. The molecule has 0 aliphatic carbocycles. The average molecular weight is 312 g/mol. The first-order valence-electron chi connectivity index (χ1n) is 7.66. The summed E-state index contributed by atoms with van der Waals surface area (Å²) < 4.78 is 39.2. The van der Waals surface area contributed by atoms with Gasteiger partial charge in [0.25, 0.3) is 0 Å². The van der Waals surface area contributed by atoms with E-state index in [9.17, 15) is 18.0 Å². The molecule has 0 amide bonds. The highest BCUT2D eigenvalue weighted by Crippen LogP contribution is 2.38. The number of aromatic nitrogens is 1. The van der Waals surface area contributed by atoms with Crippen LogP contribution in [0, 0.1) is 5.92 Å². The minimum atomic E-state index is -4.54. The van der Waals surface area contributed by atoms with Crippen LogP contribution in [0.3, 0.4) is 0 Å². The monoisotopic (exact) mass is 312 g/mol. The number of carbonyl (C=O) groups excluding carboxylic acids is 1. The maximum absolute atomic E-state index is 13.1. The highest BCUT2D eigenvalue weighted by Gasteiger charge is 2.42.